The first-order chi connectivity index (χ1) is 7.09. The molecule has 0 N–H and O–H groups in total. The topological polar surface area (TPSA) is 17.1 Å². The molecule has 1 aromatic rings. The van der Waals surface area contributed by atoms with Crippen molar-refractivity contribution in [2.45, 2.75) is 16.6 Å². The standard InChI is InChI=1S/C11H11Br2ClO/c12-11(13)9(7-10(14)15)6-8-4-2-1-3-5-8/h1-5,9,11H,6-7H2. The Morgan fingerprint density at radius 2 is 1.87 bits per heavy atom. The number of halogens is 3. The average Bonchev–Trinajstić information content (AvgIpc) is 2.17. The maximum Gasteiger partial charge on any atom is 0.221 e. The largest absolute Gasteiger partial charge is 0.281 e. The van der Waals surface area contributed by atoms with Crippen LogP contribution in [0.2, 0.25) is 0 Å². The van der Waals surface area contributed by atoms with Gasteiger partial charge in [0.2, 0.25) is 5.24 Å². The van der Waals surface area contributed by atoms with E-state index in [1.807, 2.05) is 30.3 Å². The first kappa shape index (κ1) is 13.2. The lowest BCUT2D eigenvalue weighted by atomic mass is 9.99. The number of hydrogen-bond donors (Lipinski definition) is 0. The van der Waals surface area contributed by atoms with Gasteiger partial charge in [0.05, 0.1) is 3.74 Å². The molecule has 0 saturated heterocycles. The molecule has 1 atom stereocenters. The van der Waals surface area contributed by atoms with Crippen LogP contribution >= 0.6 is 43.5 Å². The van der Waals surface area contributed by atoms with Crippen LogP contribution in [0.5, 0.6) is 0 Å². The van der Waals surface area contributed by atoms with E-state index >= 15 is 0 Å². The Kier molecular flexibility index (Phi) is 5.87. The van der Waals surface area contributed by atoms with Crippen molar-refractivity contribution in [2.24, 2.45) is 5.92 Å². The maximum absolute atomic E-state index is 10.9. The first-order valence-electron chi connectivity index (χ1n) is 4.60. The van der Waals surface area contributed by atoms with Crippen LogP contribution in [0.3, 0.4) is 0 Å². The molecule has 0 aliphatic carbocycles. The fourth-order valence-electron chi connectivity index (χ4n) is 1.37. The van der Waals surface area contributed by atoms with Crippen LogP contribution in [-0.2, 0) is 11.2 Å². The SMILES string of the molecule is O=C(Cl)CC(Cc1ccccc1)C(Br)Br. The molecule has 0 amide bonds. The van der Waals surface area contributed by atoms with Crippen LogP contribution in [0.15, 0.2) is 30.3 Å². The molecule has 1 rings (SSSR count). The van der Waals surface area contributed by atoms with Gasteiger partial charge in [-0.05, 0) is 29.5 Å². The molecule has 0 fully saturated rings. The Hall–Kier alpha value is 0.140. The highest BCUT2D eigenvalue weighted by atomic mass is 79.9. The number of carbonyl (C=O) groups excluding carboxylic acids is 1. The molecule has 15 heavy (non-hydrogen) atoms. The molecule has 0 aliphatic rings. The molecule has 0 spiro atoms. The third kappa shape index (κ3) is 5.14. The summed E-state index contributed by atoms with van der Waals surface area (Å²) in [6.45, 7) is 0. The summed E-state index contributed by atoms with van der Waals surface area (Å²) in [4.78, 5) is 10.9. The van der Waals surface area contributed by atoms with E-state index < -0.39 is 0 Å². The third-order valence-corrected chi connectivity index (χ3v) is 3.77. The lowest BCUT2D eigenvalue weighted by Crippen LogP contribution is -2.14. The van der Waals surface area contributed by atoms with Gasteiger partial charge >= 0.3 is 0 Å². The van der Waals surface area contributed by atoms with Crippen molar-refractivity contribution in [3.05, 3.63) is 35.9 Å². The third-order valence-electron chi connectivity index (χ3n) is 2.12. The monoisotopic (exact) mass is 352 g/mol. The van der Waals surface area contributed by atoms with Crippen LogP contribution in [0.4, 0.5) is 0 Å². The molecular formula is C11H11Br2ClO. The molecule has 0 heterocycles. The van der Waals surface area contributed by atoms with Crippen molar-refractivity contribution in [3.63, 3.8) is 0 Å². The van der Waals surface area contributed by atoms with Gasteiger partial charge in [0.1, 0.15) is 0 Å². The number of alkyl halides is 2. The van der Waals surface area contributed by atoms with Crippen molar-refractivity contribution in [1.29, 1.82) is 0 Å². The Morgan fingerprint density at radius 1 is 1.27 bits per heavy atom. The summed E-state index contributed by atoms with van der Waals surface area (Å²) in [6.07, 6.45) is 1.21. The van der Waals surface area contributed by atoms with Crippen LogP contribution < -0.4 is 0 Å². The van der Waals surface area contributed by atoms with Gasteiger partial charge in [0.25, 0.3) is 0 Å². The van der Waals surface area contributed by atoms with Crippen molar-refractivity contribution < 1.29 is 4.79 Å². The van der Waals surface area contributed by atoms with Crippen molar-refractivity contribution in [2.75, 3.05) is 0 Å². The van der Waals surface area contributed by atoms with Gasteiger partial charge in [0, 0.05) is 6.42 Å². The van der Waals surface area contributed by atoms with Gasteiger partial charge in [-0.15, -0.1) is 0 Å². The summed E-state index contributed by atoms with van der Waals surface area (Å²) in [6, 6.07) is 10.1. The highest BCUT2D eigenvalue weighted by molar-refractivity contribution is 9.24. The predicted molar refractivity (Wildman–Crippen MR) is 70.8 cm³/mol. The number of carbonyl (C=O) groups is 1. The highest BCUT2D eigenvalue weighted by Crippen LogP contribution is 2.27. The molecule has 82 valence electrons. The quantitative estimate of drug-likeness (QED) is 0.574. The van der Waals surface area contributed by atoms with Gasteiger partial charge < -0.3 is 0 Å². The highest BCUT2D eigenvalue weighted by Gasteiger charge is 2.19. The van der Waals surface area contributed by atoms with Crippen LogP contribution in [-0.4, -0.2) is 8.98 Å². The normalized spacial score (nSPS) is 12.8. The summed E-state index contributed by atoms with van der Waals surface area (Å²) in [5.41, 5.74) is 1.21. The van der Waals surface area contributed by atoms with Gasteiger partial charge in [-0.1, -0.05) is 62.2 Å². The number of benzene rings is 1. The number of hydrogen-bond acceptors (Lipinski definition) is 1. The molecule has 0 bridgehead atoms. The van der Waals surface area contributed by atoms with Gasteiger partial charge in [-0.3, -0.25) is 4.79 Å². The van der Waals surface area contributed by atoms with Gasteiger partial charge in [0.15, 0.2) is 0 Å². The van der Waals surface area contributed by atoms with Crippen molar-refractivity contribution >= 4 is 48.7 Å². The molecule has 0 radical (unpaired) electrons. The van der Waals surface area contributed by atoms with Crippen molar-refractivity contribution in [1.82, 2.24) is 0 Å². The van der Waals surface area contributed by atoms with Crippen LogP contribution in [0.25, 0.3) is 0 Å². The van der Waals surface area contributed by atoms with E-state index in [1.165, 1.54) is 5.56 Å². The fraction of sp³-hybridized carbons (Fsp3) is 0.364. The van der Waals surface area contributed by atoms with E-state index in [9.17, 15) is 4.79 Å². The Balaban J connectivity index is 2.63. The van der Waals surface area contributed by atoms with Crippen LogP contribution in [0.1, 0.15) is 12.0 Å². The fourth-order valence-corrected chi connectivity index (χ4v) is 2.32. The Labute approximate surface area is 111 Å². The van der Waals surface area contributed by atoms with Crippen molar-refractivity contribution in [3.8, 4) is 0 Å². The number of rotatable bonds is 5. The summed E-state index contributed by atoms with van der Waals surface area (Å²) in [5.74, 6) is 0.178. The average molecular weight is 354 g/mol. The van der Waals surface area contributed by atoms with Crippen LogP contribution in [0, 0.1) is 5.92 Å². The van der Waals surface area contributed by atoms with E-state index in [0.29, 0.717) is 6.42 Å². The molecule has 0 aromatic heterocycles. The maximum atomic E-state index is 10.9. The van der Waals surface area contributed by atoms with E-state index in [0.717, 1.165) is 6.42 Å². The zero-order valence-electron chi connectivity index (χ0n) is 8.00. The summed E-state index contributed by atoms with van der Waals surface area (Å²) < 4.78 is 0.105. The summed E-state index contributed by atoms with van der Waals surface area (Å²) in [5, 5.41) is -0.292. The molecular weight excluding hydrogens is 343 g/mol. The summed E-state index contributed by atoms with van der Waals surface area (Å²) in [7, 11) is 0. The second-order valence-electron chi connectivity index (χ2n) is 3.34. The Bertz CT molecular complexity index is 314. The predicted octanol–water partition coefficient (Wildman–Crippen LogP) is 4.12. The summed E-state index contributed by atoms with van der Waals surface area (Å²) >= 11 is 12.3. The van der Waals surface area contributed by atoms with E-state index in [4.69, 9.17) is 11.6 Å². The smallest absolute Gasteiger partial charge is 0.221 e. The second kappa shape index (κ2) is 6.66. The molecule has 1 nitrogen and oxygen atoms in total. The van der Waals surface area contributed by atoms with Gasteiger partial charge in [-0.25, -0.2) is 0 Å². The molecule has 4 heteroatoms. The minimum Gasteiger partial charge on any atom is -0.281 e. The first-order valence-corrected chi connectivity index (χ1v) is 6.81. The molecule has 0 saturated carbocycles. The second-order valence-corrected chi connectivity index (χ2v) is 6.97. The molecule has 0 aliphatic heterocycles. The zero-order chi connectivity index (χ0) is 11.3. The van der Waals surface area contributed by atoms with E-state index in [1.54, 1.807) is 0 Å². The lowest BCUT2D eigenvalue weighted by Gasteiger charge is -2.16. The van der Waals surface area contributed by atoms with E-state index in [-0.39, 0.29) is 14.9 Å². The zero-order valence-corrected chi connectivity index (χ0v) is 11.9. The molecule has 1 unspecified atom stereocenters. The lowest BCUT2D eigenvalue weighted by molar-refractivity contribution is -0.112. The molecule has 1 aromatic carbocycles. The van der Waals surface area contributed by atoms with Gasteiger partial charge in [-0.2, -0.15) is 0 Å². The van der Waals surface area contributed by atoms with E-state index in [2.05, 4.69) is 31.9 Å². The Morgan fingerprint density at radius 3 is 2.33 bits per heavy atom. The minimum atomic E-state index is -0.292. The minimum absolute atomic E-state index is 0.105.